The van der Waals surface area contributed by atoms with Gasteiger partial charge in [-0.25, -0.2) is 4.79 Å². The van der Waals surface area contributed by atoms with E-state index in [2.05, 4.69) is 10.9 Å². The molecule has 29 heavy (non-hydrogen) atoms. The number of hydrazine groups is 1. The summed E-state index contributed by atoms with van der Waals surface area (Å²) < 4.78 is 10.9. The van der Waals surface area contributed by atoms with Crippen molar-refractivity contribution in [3.8, 4) is 11.5 Å². The van der Waals surface area contributed by atoms with E-state index in [0.29, 0.717) is 38.3 Å². The Balaban J connectivity index is 1.74. The lowest BCUT2D eigenvalue weighted by Crippen LogP contribution is -2.51. The number of likely N-dealkylation sites (tertiary alicyclic amines) is 1. The maximum Gasteiger partial charge on any atom is 0.319 e. The minimum atomic E-state index is -0.784. The van der Waals surface area contributed by atoms with Crippen molar-refractivity contribution in [1.82, 2.24) is 20.7 Å². The minimum Gasteiger partial charge on any atom is -0.494 e. The van der Waals surface area contributed by atoms with Crippen molar-refractivity contribution in [2.75, 3.05) is 33.8 Å². The SMILES string of the molecule is CCOc1ccc(OC(C)C(=O)NNC(=O)C2CCN(C(=O)N(C)C)CC2)cc1. The number of ether oxygens (including phenoxy) is 2. The molecule has 1 saturated heterocycles. The van der Waals surface area contributed by atoms with Crippen LogP contribution in [0.15, 0.2) is 24.3 Å². The van der Waals surface area contributed by atoms with Crippen LogP contribution in [0, 0.1) is 5.92 Å². The van der Waals surface area contributed by atoms with E-state index in [0.717, 1.165) is 5.75 Å². The molecular formula is C20H30N4O5. The summed E-state index contributed by atoms with van der Waals surface area (Å²) in [6, 6.07) is 6.90. The summed E-state index contributed by atoms with van der Waals surface area (Å²) in [5.74, 6) is 0.294. The molecule has 2 N–H and O–H groups in total. The highest BCUT2D eigenvalue weighted by molar-refractivity contribution is 5.85. The van der Waals surface area contributed by atoms with Gasteiger partial charge in [0, 0.05) is 33.1 Å². The predicted octanol–water partition coefficient (Wildman–Crippen LogP) is 1.39. The first kappa shape index (κ1) is 22.3. The Morgan fingerprint density at radius 2 is 1.69 bits per heavy atom. The largest absolute Gasteiger partial charge is 0.494 e. The van der Waals surface area contributed by atoms with E-state index in [4.69, 9.17) is 9.47 Å². The van der Waals surface area contributed by atoms with Gasteiger partial charge < -0.3 is 19.3 Å². The van der Waals surface area contributed by atoms with E-state index in [-0.39, 0.29) is 17.9 Å². The van der Waals surface area contributed by atoms with Crippen LogP contribution in [0.1, 0.15) is 26.7 Å². The van der Waals surface area contributed by atoms with E-state index >= 15 is 0 Å². The van der Waals surface area contributed by atoms with Gasteiger partial charge >= 0.3 is 6.03 Å². The molecule has 1 aromatic rings. The van der Waals surface area contributed by atoms with Crippen LogP contribution in [0.25, 0.3) is 0 Å². The first-order valence-electron chi connectivity index (χ1n) is 9.77. The molecule has 4 amide bonds. The summed E-state index contributed by atoms with van der Waals surface area (Å²) in [4.78, 5) is 39.7. The number of rotatable bonds is 6. The molecule has 0 bridgehead atoms. The van der Waals surface area contributed by atoms with Crippen molar-refractivity contribution in [2.24, 2.45) is 5.92 Å². The third-order valence-corrected chi connectivity index (χ3v) is 4.64. The predicted molar refractivity (Wildman–Crippen MR) is 107 cm³/mol. The number of piperidine rings is 1. The Morgan fingerprint density at radius 3 is 2.24 bits per heavy atom. The molecule has 0 aromatic heterocycles. The molecule has 160 valence electrons. The van der Waals surface area contributed by atoms with E-state index in [9.17, 15) is 14.4 Å². The van der Waals surface area contributed by atoms with E-state index < -0.39 is 12.0 Å². The molecule has 1 aliphatic heterocycles. The summed E-state index contributed by atoms with van der Waals surface area (Å²) >= 11 is 0. The first-order chi connectivity index (χ1) is 13.8. The highest BCUT2D eigenvalue weighted by atomic mass is 16.5. The molecule has 0 spiro atoms. The number of carbonyl (C=O) groups is 3. The zero-order valence-corrected chi connectivity index (χ0v) is 17.4. The number of benzene rings is 1. The Kier molecular flexibility index (Phi) is 8.11. The second-order valence-corrected chi connectivity index (χ2v) is 7.08. The normalized spacial score (nSPS) is 15.2. The van der Waals surface area contributed by atoms with Crippen molar-refractivity contribution in [2.45, 2.75) is 32.8 Å². The fourth-order valence-electron chi connectivity index (χ4n) is 2.98. The second kappa shape index (κ2) is 10.5. The van der Waals surface area contributed by atoms with Crippen molar-refractivity contribution >= 4 is 17.8 Å². The van der Waals surface area contributed by atoms with Gasteiger partial charge in [0.05, 0.1) is 6.61 Å². The number of hydrogen-bond acceptors (Lipinski definition) is 5. The molecule has 0 radical (unpaired) electrons. The fraction of sp³-hybridized carbons (Fsp3) is 0.550. The summed E-state index contributed by atoms with van der Waals surface area (Å²) in [6.07, 6.45) is 0.326. The lowest BCUT2D eigenvalue weighted by atomic mass is 9.96. The lowest BCUT2D eigenvalue weighted by Gasteiger charge is -2.33. The van der Waals surface area contributed by atoms with Crippen LogP contribution < -0.4 is 20.3 Å². The second-order valence-electron chi connectivity index (χ2n) is 7.08. The number of carbonyl (C=O) groups excluding carboxylic acids is 3. The number of amides is 4. The standard InChI is InChI=1S/C20H30N4O5/c1-5-28-16-6-8-17(9-7-16)29-14(2)18(25)21-22-19(26)15-10-12-24(13-11-15)20(27)23(3)4/h6-9,14-15H,5,10-13H2,1-4H3,(H,21,25)(H,22,26). The number of hydrogen-bond donors (Lipinski definition) is 2. The number of nitrogens with one attached hydrogen (secondary N) is 2. The molecule has 0 aliphatic carbocycles. The van der Waals surface area contributed by atoms with Gasteiger partial charge in [0.25, 0.3) is 5.91 Å². The highest BCUT2D eigenvalue weighted by Crippen LogP contribution is 2.19. The maximum absolute atomic E-state index is 12.3. The van der Waals surface area contributed by atoms with Gasteiger partial charge in [-0.3, -0.25) is 20.4 Å². The van der Waals surface area contributed by atoms with Crippen molar-refractivity contribution in [3.05, 3.63) is 24.3 Å². The molecule has 1 aromatic carbocycles. The monoisotopic (exact) mass is 406 g/mol. The Bertz CT molecular complexity index is 699. The van der Waals surface area contributed by atoms with Crippen LogP contribution in [0.4, 0.5) is 4.79 Å². The maximum atomic E-state index is 12.3. The Hall–Kier alpha value is -2.97. The van der Waals surface area contributed by atoms with E-state index in [1.165, 1.54) is 4.90 Å². The molecule has 0 saturated carbocycles. The molecule has 1 unspecified atom stereocenters. The van der Waals surface area contributed by atoms with Gasteiger partial charge in [-0.15, -0.1) is 0 Å². The molecule has 9 nitrogen and oxygen atoms in total. The summed E-state index contributed by atoms with van der Waals surface area (Å²) in [6.45, 7) is 5.10. The van der Waals surface area contributed by atoms with Crippen molar-refractivity contribution in [3.63, 3.8) is 0 Å². The molecule has 1 fully saturated rings. The van der Waals surface area contributed by atoms with Crippen molar-refractivity contribution < 1.29 is 23.9 Å². The fourth-order valence-corrected chi connectivity index (χ4v) is 2.98. The van der Waals surface area contributed by atoms with Crippen LogP contribution in [-0.2, 0) is 9.59 Å². The average molecular weight is 406 g/mol. The topological polar surface area (TPSA) is 100 Å². The molecule has 1 heterocycles. The van der Waals surface area contributed by atoms with Gasteiger partial charge in [0.2, 0.25) is 5.91 Å². The van der Waals surface area contributed by atoms with Gasteiger partial charge in [0.1, 0.15) is 11.5 Å². The van der Waals surface area contributed by atoms with Crippen LogP contribution >= 0.6 is 0 Å². The third-order valence-electron chi connectivity index (χ3n) is 4.64. The summed E-state index contributed by atoms with van der Waals surface area (Å²) in [7, 11) is 3.40. The van der Waals surface area contributed by atoms with Gasteiger partial charge in [-0.1, -0.05) is 0 Å². The zero-order chi connectivity index (χ0) is 21.4. The van der Waals surface area contributed by atoms with Crippen molar-refractivity contribution in [1.29, 1.82) is 0 Å². The number of urea groups is 1. The summed E-state index contributed by atoms with van der Waals surface area (Å²) in [5, 5.41) is 0. The zero-order valence-electron chi connectivity index (χ0n) is 17.4. The third kappa shape index (κ3) is 6.55. The van der Waals surface area contributed by atoms with Crippen LogP contribution in [-0.4, -0.2) is 67.5 Å². The van der Waals surface area contributed by atoms with E-state index in [1.807, 2.05) is 6.92 Å². The van der Waals surface area contributed by atoms with Crippen LogP contribution in [0.2, 0.25) is 0 Å². The first-order valence-corrected chi connectivity index (χ1v) is 9.77. The molecule has 9 heteroatoms. The molecule has 1 atom stereocenters. The minimum absolute atomic E-state index is 0.0579. The number of nitrogens with zero attached hydrogens (tertiary/aromatic N) is 2. The van der Waals surface area contributed by atoms with Crippen LogP contribution in [0.3, 0.4) is 0 Å². The Labute approximate surface area is 171 Å². The van der Waals surface area contributed by atoms with E-state index in [1.54, 1.807) is 50.2 Å². The summed E-state index contributed by atoms with van der Waals surface area (Å²) in [5.41, 5.74) is 4.87. The van der Waals surface area contributed by atoms with Gasteiger partial charge in [-0.05, 0) is 51.0 Å². The average Bonchev–Trinajstić information content (AvgIpc) is 2.72. The Morgan fingerprint density at radius 1 is 1.10 bits per heavy atom. The molecule has 2 rings (SSSR count). The van der Waals surface area contributed by atoms with Gasteiger partial charge in [0.15, 0.2) is 6.10 Å². The smallest absolute Gasteiger partial charge is 0.319 e. The lowest BCUT2D eigenvalue weighted by molar-refractivity contribution is -0.134. The van der Waals surface area contributed by atoms with Gasteiger partial charge in [-0.2, -0.15) is 0 Å². The molecular weight excluding hydrogens is 376 g/mol. The molecule has 1 aliphatic rings. The van der Waals surface area contributed by atoms with Crippen LogP contribution in [0.5, 0.6) is 11.5 Å². The quantitative estimate of drug-likeness (QED) is 0.696. The highest BCUT2D eigenvalue weighted by Gasteiger charge is 2.28.